The van der Waals surface area contributed by atoms with E-state index in [1.807, 2.05) is 43.3 Å². The molecule has 1 fully saturated rings. The lowest BCUT2D eigenvalue weighted by molar-refractivity contribution is -0.120. The van der Waals surface area contributed by atoms with Crippen LogP contribution in [0, 0.1) is 6.92 Å². The molecule has 0 unspecified atom stereocenters. The molecule has 0 bridgehead atoms. The first-order valence-electron chi connectivity index (χ1n) is 8.88. The number of amides is 2. The molecule has 1 aromatic heterocycles. The maximum absolute atomic E-state index is 12.9. The van der Waals surface area contributed by atoms with Crippen molar-refractivity contribution >= 4 is 17.5 Å². The van der Waals surface area contributed by atoms with Crippen LogP contribution in [0.1, 0.15) is 15.9 Å². The van der Waals surface area contributed by atoms with Gasteiger partial charge >= 0.3 is 0 Å². The largest absolute Gasteiger partial charge is 0.345 e. The van der Waals surface area contributed by atoms with Crippen LogP contribution in [-0.2, 0) is 4.79 Å². The predicted octanol–water partition coefficient (Wildman–Crippen LogP) is 2.87. The van der Waals surface area contributed by atoms with Crippen molar-refractivity contribution in [3.63, 3.8) is 0 Å². The molecule has 2 aromatic carbocycles. The third-order valence-electron chi connectivity index (χ3n) is 4.73. The molecule has 6 nitrogen and oxygen atoms in total. The standard InChI is InChI=1S/C21H20N4O2/c1-15-5-7-18(8-6-15)25-12-11-24(14-19(25)26)21(27)17-4-2-3-16(13-17)20-22-9-10-23-20/h2-10,13H,11-12,14H2,1H3,(H,22,23). The highest BCUT2D eigenvalue weighted by Gasteiger charge is 2.28. The van der Waals surface area contributed by atoms with Gasteiger partial charge in [-0.25, -0.2) is 4.98 Å². The molecule has 1 saturated heterocycles. The number of rotatable bonds is 3. The highest BCUT2D eigenvalue weighted by Crippen LogP contribution is 2.21. The summed E-state index contributed by atoms with van der Waals surface area (Å²) in [6.45, 7) is 3.09. The van der Waals surface area contributed by atoms with Gasteiger partial charge in [-0.3, -0.25) is 9.59 Å². The van der Waals surface area contributed by atoms with E-state index in [1.165, 1.54) is 0 Å². The van der Waals surface area contributed by atoms with E-state index in [0.717, 1.165) is 16.8 Å². The Morgan fingerprint density at radius 2 is 1.93 bits per heavy atom. The third-order valence-corrected chi connectivity index (χ3v) is 4.73. The Balaban J connectivity index is 1.49. The zero-order chi connectivity index (χ0) is 18.8. The number of imidazole rings is 1. The van der Waals surface area contributed by atoms with Crippen molar-refractivity contribution in [3.05, 3.63) is 72.1 Å². The van der Waals surface area contributed by atoms with Gasteiger partial charge in [0.15, 0.2) is 0 Å². The summed E-state index contributed by atoms with van der Waals surface area (Å²) in [5.74, 6) is 0.505. The van der Waals surface area contributed by atoms with Crippen molar-refractivity contribution in [2.45, 2.75) is 6.92 Å². The maximum Gasteiger partial charge on any atom is 0.254 e. The second kappa shape index (κ2) is 7.07. The Morgan fingerprint density at radius 3 is 2.63 bits per heavy atom. The topological polar surface area (TPSA) is 69.3 Å². The molecule has 0 atom stereocenters. The molecule has 3 aromatic rings. The number of H-pyrrole nitrogens is 1. The molecule has 0 spiro atoms. The van der Waals surface area contributed by atoms with Gasteiger partial charge in [-0.1, -0.05) is 29.8 Å². The Kier molecular flexibility index (Phi) is 4.46. The Hall–Kier alpha value is -3.41. The maximum atomic E-state index is 12.9. The molecule has 1 aliphatic rings. The summed E-state index contributed by atoms with van der Waals surface area (Å²) in [5, 5.41) is 0. The zero-order valence-electron chi connectivity index (χ0n) is 15.1. The first-order valence-corrected chi connectivity index (χ1v) is 8.88. The smallest absolute Gasteiger partial charge is 0.254 e. The van der Waals surface area contributed by atoms with Crippen LogP contribution in [-0.4, -0.2) is 46.3 Å². The van der Waals surface area contributed by atoms with Crippen LogP contribution < -0.4 is 4.90 Å². The highest BCUT2D eigenvalue weighted by atomic mass is 16.2. The summed E-state index contributed by atoms with van der Waals surface area (Å²) in [4.78, 5) is 36.1. The predicted molar refractivity (Wildman–Crippen MR) is 103 cm³/mol. The van der Waals surface area contributed by atoms with Crippen LogP contribution in [0.15, 0.2) is 60.9 Å². The minimum atomic E-state index is -0.139. The third kappa shape index (κ3) is 3.46. The molecule has 4 rings (SSSR count). The molecule has 0 radical (unpaired) electrons. The average molecular weight is 360 g/mol. The van der Waals surface area contributed by atoms with E-state index in [2.05, 4.69) is 9.97 Å². The van der Waals surface area contributed by atoms with Gasteiger partial charge in [-0.15, -0.1) is 0 Å². The number of piperazine rings is 1. The molecular weight excluding hydrogens is 340 g/mol. The van der Waals surface area contributed by atoms with Crippen LogP contribution in [0.25, 0.3) is 11.4 Å². The van der Waals surface area contributed by atoms with Gasteiger partial charge < -0.3 is 14.8 Å². The normalized spacial score (nSPS) is 14.5. The fourth-order valence-corrected chi connectivity index (χ4v) is 3.25. The van der Waals surface area contributed by atoms with E-state index in [-0.39, 0.29) is 18.4 Å². The molecule has 27 heavy (non-hydrogen) atoms. The van der Waals surface area contributed by atoms with Crippen LogP contribution in [0.5, 0.6) is 0 Å². The van der Waals surface area contributed by atoms with Crippen molar-refractivity contribution < 1.29 is 9.59 Å². The number of hydrogen-bond donors (Lipinski definition) is 1. The Labute approximate surface area is 157 Å². The molecule has 2 amide bonds. The second-order valence-corrected chi connectivity index (χ2v) is 6.63. The van der Waals surface area contributed by atoms with Gasteiger partial charge in [0.05, 0.1) is 0 Å². The van der Waals surface area contributed by atoms with Crippen molar-refractivity contribution in [2.75, 3.05) is 24.5 Å². The number of hydrogen-bond acceptors (Lipinski definition) is 3. The van der Waals surface area contributed by atoms with E-state index in [4.69, 9.17) is 0 Å². The Morgan fingerprint density at radius 1 is 1.11 bits per heavy atom. The summed E-state index contributed by atoms with van der Waals surface area (Å²) < 4.78 is 0. The molecular formula is C21H20N4O2. The van der Waals surface area contributed by atoms with Crippen molar-refractivity contribution in [3.8, 4) is 11.4 Å². The molecule has 6 heteroatoms. The van der Waals surface area contributed by atoms with Crippen molar-refractivity contribution in [2.24, 2.45) is 0 Å². The molecule has 2 heterocycles. The molecule has 136 valence electrons. The number of anilines is 1. The van der Waals surface area contributed by atoms with E-state index in [0.29, 0.717) is 24.5 Å². The summed E-state index contributed by atoms with van der Waals surface area (Å²) in [6, 6.07) is 15.2. The quantitative estimate of drug-likeness (QED) is 0.781. The van der Waals surface area contributed by atoms with Gasteiger partial charge in [0.1, 0.15) is 12.4 Å². The number of aromatic nitrogens is 2. The SMILES string of the molecule is Cc1ccc(N2CCN(C(=O)c3cccc(-c4ncc[nH]4)c3)CC2=O)cc1. The monoisotopic (exact) mass is 360 g/mol. The summed E-state index contributed by atoms with van der Waals surface area (Å²) in [6.07, 6.45) is 3.42. The molecule has 1 N–H and O–H groups in total. The lowest BCUT2D eigenvalue weighted by Crippen LogP contribution is -2.52. The fourth-order valence-electron chi connectivity index (χ4n) is 3.25. The van der Waals surface area contributed by atoms with Gasteiger partial charge in [-0.05, 0) is 31.2 Å². The van der Waals surface area contributed by atoms with Crippen molar-refractivity contribution in [1.82, 2.24) is 14.9 Å². The first-order chi connectivity index (χ1) is 13.1. The van der Waals surface area contributed by atoms with Crippen LogP contribution in [0.3, 0.4) is 0 Å². The fraction of sp³-hybridized carbons (Fsp3) is 0.190. The first kappa shape index (κ1) is 17.0. The highest BCUT2D eigenvalue weighted by molar-refractivity contribution is 6.02. The van der Waals surface area contributed by atoms with Gasteiger partial charge in [0.25, 0.3) is 5.91 Å². The minimum absolute atomic E-state index is 0.0688. The lowest BCUT2D eigenvalue weighted by atomic mass is 10.1. The number of nitrogens with zero attached hydrogens (tertiary/aromatic N) is 3. The minimum Gasteiger partial charge on any atom is -0.345 e. The average Bonchev–Trinajstić information content (AvgIpc) is 3.23. The molecule has 1 aliphatic heterocycles. The van der Waals surface area contributed by atoms with E-state index < -0.39 is 0 Å². The molecule has 0 saturated carbocycles. The van der Waals surface area contributed by atoms with Crippen LogP contribution in [0.2, 0.25) is 0 Å². The summed E-state index contributed by atoms with van der Waals surface area (Å²) in [7, 11) is 0. The second-order valence-electron chi connectivity index (χ2n) is 6.63. The number of carbonyl (C=O) groups excluding carboxylic acids is 2. The van der Waals surface area contributed by atoms with Crippen molar-refractivity contribution in [1.29, 1.82) is 0 Å². The van der Waals surface area contributed by atoms with Gasteiger partial charge in [0.2, 0.25) is 5.91 Å². The molecule has 0 aliphatic carbocycles. The number of aryl methyl sites for hydroxylation is 1. The van der Waals surface area contributed by atoms with E-state index >= 15 is 0 Å². The van der Waals surface area contributed by atoms with Crippen LogP contribution >= 0.6 is 0 Å². The van der Waals surface area contributed by atoms with Crippen LogP contribution in [0.4, 0.5) is 5.69 Å². The number of aromatic amines is 1. The number of carbonyl (C=O) groups is 2. The summed E-state index contributed by atoms with van der Waals surface area (Å²) >= 11 is 0. The van der Waals surface area contributed by atoms with Gasteiger partial charge in [-0.2, -0.15) is 0 Å². The number of benzene rings is 2. The van der Waals surface area contributed by atoms with E-state index in [9.17, 15) is 9.59 Å². The zero-order valence-corrected chi connectivity index (χ0v) is 15.1. The number of nitrogens with one attached hydrogen (secondary N) is 1. The van der Waals surface area contributed by atoms with Gasteiger partial charge in [0, 0.05) is 42.3 Å². The lowest BCUT2D eigenvalue weighted by Gasteiger charge is -2.34. The Bertz CT molecular complexity index is 964. The summed E-state index contributed by atoms with van der Waals surface area (Å²) in [5.41, 5.74) is 3.42. The van der Waals surface area contributed by atoms with E-state index in [1.54, 1.807) is 34.3 Å².